The van der Waals surface area contributed by atoms with Crippen LogP contribution in [0.5, 0.6) is 5.75 Å². The number of methoxy groups -OCH3 is 1. The second-order valence-corrected chi connectivity index (χ2v) is 6.80. The molecule has 0 spiro atoms. The van der Waals surface area contributed by atoms with E-state index in [1.165, 1.54) is 26.0 Å². The topological polar surface area (TPSA) is 35.2 Å². The summed E-state index contributed by atoms with van der Waals surface area (Å²) in [5.74, 6) is 1.47. The molecule has 0 aliphatic heterocycles. The Morgan fingerprint density at radius 1 is 1.48 bits per heavy atom. The molecule has 0 radical (unpaired) electrons. The number of halogens is 1. The van der Waals surface area contributed by atoms with Gasteiger partial charge in [0.1, 0.15) is 5.82 Å². The molecule has 0 atom stereocenters. The number of nitrogens with zero attached hydrogens (tertiary/aromatic N) is 4. The second-order valence-electron chi connectivity index (χ2n) is 6.44. The van der Waals surface area contributed by atoms with Gasteiger partial charge in [-0.05, 0) is 49.8 Å². The molecule has 0 N–H and O–H groups in total. The summed E-state index contributed by atoms with van der Waals surface area (Å²) in [6, 6.07) is 5.01. The van der Waals surface area contributed by atoms with Gasteiger partial charge in [0.15, 0.2) is 16.3 Å². The van der Waals surface area contributed by atoms with Crippen molar-refractivity contribution in [1.82, 2.24) is 19.2 Å². The predicted molar refractivity (Wildman–Crippen MR) is 97.6 cm³/mol. The van der Waals surface area contributed by atoms with Crippen LogP contribution in [0.4, 0.5) is 4.39 Å². The van der Waals surface area contributed by atoms with E-state index in [0.717, 1.165) is 11.4 Å². The summed E-state index contributed by atoms with van der Waals surface area (Å²) in [5, 5.41) is 4.71. The Labute approximate surface area is 152 Å². The molecule has 5 nitrogen and oxygen atoms in total. The van der Waals surface area contributed by atoms with E-state index in [4.69, 9.17) is 22.1 Å². The smallest absolute Gasteiger partial charge is 0.199 e. The van der Waals surface area contributed by atoms with Gasteiger partial charge >= 0.3 is 0 Å². The van der Waals surface area contributed by atoms with Gasteiger partial charge in [-0.2, -0.15) is 5.10 Å². The number of allylic oxidation sites excluding steroid dienone is 1. The Morgan fingerprint density at radius 3 is 2.84 bits per heavy atom. The number of aromatic nitrogens is 3. The van der Waals surface area contributed by atoms with Crippen LogP contribution in [0.1, 0.15) is 30.1 Å². The third-order valence-corrected chi connectivity index (χ3v) is 4.68. The molecular weight excluding hydrogens is 339 g/mol. The van der Waals surface area contributed by atoms with Crippen LogP contribution in [0.3, 0.4) is 0 Å². The van der Waals surface area contributed by atoms with Crippen molar-refractivity contribution < 1.29 is 9.13 Å². The first-order valence-corrected chi connectivity index (χ1v) is 8.73. The Kier molecular flexibility index (Phi) is 5.34. The van der Waals surface area contributed by atoms with Crippen LogP contribution in [-0.2, 0) is 19.8 Å². The molecule has 1 fully saturated rings. The summed E-state index contributed by atoms with van der Waals surface area (Å²) in [4.78, 5) is 2.05. The summed E-state index contributed by atoms with van der Waals surface area (Å²) in [6.07, 6.45) is 4.19. The second kappa shape index (κ2) is 7.49. The molecule has 1 aliphatic carbocycles. The lowest BCUT2D eigenvalue weighted by Crippen LogP contribution is -2.22. The van der Waals surface area contributed by atoms with Gasteiger partial charge in [0, 0.05) is 19.0 Å². The van der Waals surface area contributed by atoms with E-state index in [2.05, 4.69) is 16.0 Å². The maximum Gasteiger partial charge on any atom is 0.199 e. The third kappa shape index (κ3) is 3.99. The first-order chi connectivity index (χ1) is 12.0. The van der Waals surface area contributed by atoms with Gasteiger partial charge in [0.2, 0.25) is 0 Å². The predicted octanol–water partition coefficient (Wildman–Crippen LogP) is 3.71. The van der Waals surface area contributed by atoms with Crippen molar-refractivity contribution >= 4 is 12.2 Å². The minimum atomic E-state index is -0.351. The highest BCUT2D eigenvalue weighted by Gasteiger charge is 2.29. The van der Waals surface area contributed by atoms with E-state index in [-0.39, 0.29) is 11.6 Å². The van der Waals surface area contributed by atoms with Gasteiger partial charge in [0.25, 0.3) is 0 Å². The highest BCUT2D eigenvalue weighted by Crippen LogP contribution is 2.39. The molecule has 0 amide bonds. The first-order valence-electron chi connectivity index (χ1n) is 8.33. The molecule has 3 rings (SSSR count). The summed E-state index contributed by atoms with van der Waals surface area (Å²) in [7, 11) is 3.43. The highest BCUT2D eigenvalue weighted by atomic mass is 32.1. The number of hydrogen-bond acceptors (Lipinski definition) is 4. The van der Waals surface area contributed by atoms with Crippen LogP contribution in [0.2, 0.25) is 0 Å². The Bertz CT molecular complexity index is 825. The number of rotatable bonds is 8. The SMILES string of the molecule is C=CCn1c(C2CC2)nn(CN(C)Cc2ccc(OC)c(F)c2)c1=S. The van der Waals surface area contributed by atoms with Crippen molar-refractivity contribution in [2.75, 3.05) is 14.2 Å². The molecule has 2 aromatic rings. The Hall–Kier alpha value is -1.99. The lowest BCUT2D eigenvalue weighted by molar-refractivity contribution is 0.243. The minimum absolute atomic E-state index is 0.255. The highest BCUT2D eigenvalue weighted by molar-refractivity contribution is 7.71. The average Bonchev–Trinajstić information content (AvgIpc) is 3.37. The fourth-order valence-electron chi connectivity index (χ4n) is 2.89. The standard InChI is InChI=1S/C18H23FN4OS/c1-4-9-22-17(14-6-7-14)20-23(18(22)25)12-21(2)11-13-5-8-16(24-3)15(19)10-13/h4-5,8,10,14H,1,6-7,9,11-12H2,2-3H3. The lowest BCUT2D eigenvalue weighted by atomic mass is 10.2. The minimum Gasteiger partial charge on any atom is -0.494 e. The van der Waals surface area contributed by atoms with Crippen LogP contribution in [0.15, 0.2) is 30.9 Å². The van der Waals surface area contributed by atoms with Crippen LogP contribution in [0.25, 0.3) is 0 Å². The number of hydrogen-bond donors (Lipinski definition) is 0. The van der Waals surface area contributed by atoms with Crippen LogP contribution in [0, 0.1) is 10.6 Å². The molecule has 0 saturated heterocycles. The molecule has 1 aliphatic rings. The maximum absolute atomic E-state index is 13.8. The monoisotopic (exact) mass is 362 g/mol. The van der Waals surface area contributed by atoms with Crippen molar-refractivity contribution in [1.29, 1.82) is 0 Å². The van der Waals surface area contributed by atoms with E-state index in [1.54, 1.807) is 6.07 Å². The van der Waals surface area contributed by atoms with Gasteiger partial charge in [0.05, 0.1) is 13.8 Å². The van der Waals surface area contributed by atoms with E-state index in [0.29, 0.717) is 30.4 Å². The summed E-state index contributed by atoms with van der Waals surface area (Å²) < 4.78 is 23.4. The molecule has 1 saturated carbocycles. The quantitative estimate of drug-likeness (QED) is 0.530. The summed E-state index contributed by atoms with van der Waals surface area (Å²) in [5.41, 5.74) is 0.875. The summed E-state index contributed by atoms with van der Waals surface area (Å²) in [6.45, 7) is 5.63. The normalized spacial score (nSPS) is 14.1. The fraction of sp³-hybridized carbons (Fsp3) is 0.444. The Morgan fingerprint density at radius 2 is 2.24 bits per heavy atom. The van der Waals surface area contributed by atoms with Gasteiger partial charge in [-0.1, -0.05) is 12.1 Å². The van der Waals surface area contributed by atoms with Crippen LogP contribution in [-0.4, -0.2) is 33.4 Å². The summed E-state index contributed by atoms with van der Waals surface area (Å²) >= 11 is 5.57. The van der Waals surface area contributed by atoms with Gasteiger partial charge < -0.3 is 4.74 Å². The van der Waals surface area contributed by atoms with Gasteiger partial charge in [-0.25, -0.2) is 9.07 Å². The maximum atomic E-state index is 13.8. The van der Waals surface area contributed by atoms with Crippen molar-refractivity contribution in [2.45, 2.75) is 38.5 Å². The van der Waals surface area contributed by atoms with Crippen LogP contribution < -0.4 is 4.74 Å². The van der Waals surface area contributed by atoms with Gasteiger partial charge in [-0.3, -0.25) is 9.47 Å². The molecule has 134 valence electrons. The molecule has 0 bridgehead atoms. The molecule has 0 unspecified atom stereocenters. The van der Waals surface area contributed by atoms with Crippen molar-refractivity contribution in [3.63, 3.8) is 0 Å². The molecular formula is C18H23FN4OS. The zero-order valence-corrected chi connectivity index (χ0v) is 15.4. The Balaban J connectivity index is 1.73. The van der Waals surface area contributed by atoms with E-state index in [9.17, 15) is 4.39 Å². The molecule has 1 aromatic carbocycles. The number of ether oxygens (including phenoxy) is 1. The molecule has 1 heterocycles. The zero-order chi connectivity index (χ0) is 18.0. The van der Waals surface area contributed by atoms with E-state index < -0.39 is 0 Å². The van der Waals surface area contributed by atoms with E-state index >= 15 is 0 Å². The van der Waals surface area contributed by atoms with E-state index in [1.807, 2.05) is 23.9 Å². The molecule has 7 heteroatoms. The first kappa shape index (κ1) is 17.8. The van der Waals surface area contributed by atoms with Crippen molar-refractivity contribution in [3.05, 3.63) is 52.8 Å². The lowest BCUT2D eigenvalue weighted by Gasteiger charge is -2.17. The van der Waals surface area contributed by atoms with Crippen LogP contribution >= 0.6 is 12.2 Å². The molecule has 1 aromatic heterocycles. The largest absolute Gasteiger partial charge is 0.494 e. The zero-order valence-electron chi connectivity index (χ0n) is 14.6. The van der Waals surface area contributed by atoms with Gasteiger partial charge in [-0.15, -0.1) is 6.58 Å². The van der Waals surface area contributed by atoms with Crippen molar-refractivity contribution in [3.8, 4) is 5.75 Å². The van der Waals surface area contributed by atoms with Crippen molar-refractivity contribution in [2.24, 2.45) is 0 Å². The fourth-order valence-corrected chi connectivity index (χ4v) is 3.16. The molecule has 25 heavy (non-hydrogen) atoms. The number of benzene rings is 1. The third-order valence-electron chi connectivity index (χ3n) is 4.25. The average molecular weight is 362 g/mol.